The minimum Gasteiger partial charge on any atom is -0.611 e. The number of nitrogens with zero attached hydrogens (tertiary/aromatic N) is 1. The predicted molar refractivity (Wildman–Crippen MR) is 81.8 cm³/mol. The van der Waals surface area contributed by atoms with Crippen LogP contribution in [0.5, 0.6) is 0 Å². The molecule has 1 unspecified atom stereocenters. The van der Waals surface area contributed by atoms with Crippen LogP contribution in [0.15, 0.2) is 35.5 Å². The number of oxime groups is 1. The van der Waals surface area contributed by atoms with Crippen LogP contribution in [0, 0.1) is 0 Å². The average Bonchev–Trinajstić information content (AvgIpc) is 2.47. The van der Waals surface area contributed by atoms with Gasteiger partial charge in [0.2, 0.25) is 5.71 Å². The Labute approximate surface area is 131 Å². The van der Waals surface area contributed by atoms with Crippen molar-refractivity contribution in [2.75, 3.05) is 11.5 Å². The first kappa shape index (κ1) is 18.9. The van der Waals surface area contributed by atoms with E-state index in [1.54, 1.807) is 13.0 Å². The van der Waals surface area contributed by atoms with Gasteiger partial charge in [0.25, 0.3) is 0 Å². The minimum absolute atomic E-state index is 0.0546. The molecule has 0 amide bonds. The van der Waals surface area contributed by atoms with Crippen LogP contribution >= 0.6 is 0 Å². The summed E-state index contributed by atoms with van der Waals surface area (Å²) in [6.45, 7) is 2.94. The maximum absolute atomic E-state index is 14.2. The summed E-state index contributed by atoms with van der Waals surface area (Å²) in [5, 5.41) is -0.711. The molecule has 0 aromatic heterocycles. The second kappa shape index (κ2) is 7.89. The van der Waals surface area contributed by atoms with E-state index in [0.29, 0.717) is 0 Å². The summed E-state index contributed by atoms with van der Waals surface area (Å²) in [4.78, 5) is 0. The molecule has 0 saturated carbocycles. The molecule has 0 saturated heterocycles. The largest absolute Gasteiger partial charge is 0.611 e. The summed E-state index contributed by atoms with van der Waals surface area (Å²) in [6, 6.07) is 7.20. The monoisotopic (exact) mass is 353 g/mol. The van der Waals surface area contributed by atoms with Gasteiger partial charge in [-0.25, -0.2) is 0 Å². The zero-order valence-corrected chi connectivity index (χ0v) is 13.8. The molecule has 1 atom stereocenters. The zero-order valence-electron chi connectivity index (χ0n) is 12.2. The number of halogens is 2. The average molecular weight is 353 g/mol. The molecule has 0 spiro atoms. The first-order valence-corrected chi connectivity index (χ1v) is 9.45. The molecule has 0 N–H and O–H groups in total. The molecule has 1 aromatic rings. The summed E-state index contributed by atoms with van der Waals surface area (Å²) in [5.74, 6) is -0.651. The van der Waals surface area contributed by atoms with Crippen LogP contribution in [0.25, 0.3) is 0 Å². The minimum atomic E-state index is -4.05. The van der Waals surface area contributed by atoms with Gasteiger partial charge in [0, 0.05) is 16.7 Å². The molecular weight excluding hydrogens is 336 g/mol. The highest BCUT2D eigenvalue weighted by Gasteiger charge is 2.50. The van der Waals surface area contributed by atoms with Gasteiger partial charge in [-0.3, -0.25) is 4.28 Å². The normalized spacial score (nSPS) is 14.7. The van der Waals surface area contributed by atoms with E-state index < -0.39 is 32.3 Å². The van der Waals surface area contributed by atoms with E-state index in [-0.39, 0.29) is 23.5 Å². The molecule has 0 aliphatic rings. The van der Waals surface area contributed by atoms with Crippen molar-refractivity contribution in [1.82, 2.24) is 0 Å². The topological polar surface area (TPSA) is 78.8 Å². The molecule has 5 nitrogen and oxygen atoms in total. The number of rotatable bonds is 8. The van der Waals surface area contributed by atoms with Crippen molar-refractivity contribution in [3.05, 3.63) is 35.9 Å². The van der Waals surface area contributed by atoms with E-state index in [0.717, 1.165) is 0 Å². The van der Waals surface area contributed by atoms with Gasteiger partial charge < -0.3 is 4.55 Å². The fourth-order valence-electron chi connectivity index (χ4n) is 1.54. The van der Waals surface area contributed by atoms with Crippen molar-refractivity contribution >= 4 is 27.0 Å². The summed E-state index contributed by atoms with van der Waals surface area (Å²) in [7, 11) is -4.05. The van der Waals surface area contributed by atoms with Crippen LogP contribution in [0.4, 0.5) is 8.78 Å². The molecular formula is C13H17F2NO4S2. The second-order valence-electron chi connectivity index (χ2n) is 4.29. The highest BCUT2D eigenvalue weighted by Crippen LogP contribution is 2.28. The van der Waals surface area contributed by atoms with E-state index in [1.807, 2.05) is 0 Å². The third-order valence-corrected chi connectivity index (χ3v) is 5.07. The Kier molecular flexibility index (Phi) is 6.76. The van der Waals surface area contributed by atoms with Gasteiger partial charge >= 0.3 is 15.4 Å². The molecule has 22 heavy (non-hydrogen) atoms. The molecule has 9 heteroatoms. The van der Waals surface area contributed by atoms with Gasteiger partial charge in [0.15, 0.2) is 0 Å². The van der Waals surface area contributed by atoms with Crippen LogP contribution in [0.1, 0.15) is 25.8 Å². The maximum atomic E-state index is 14.2. The smallest absolute Gasteiger partial charge is 0.454 e. The van der Waals surface area contributed by atoms with E-state index in [4.69, 9.17) is 0 Å². The Hall–Kier alpha value is -1.19. The van der Waals surface area contributed by atoms with Gasteiger partial charge in [-0.1, -0.05) is 42.4 Å². The summed E-state index contributed by atoms with van der Waals surface area (Å²) >= 11 is -2.54. The van der Waals surface area contributed by atoms with Crippen molar-refractivity contribution in [2.24, 2.45) is 5.16 Å². The third kappa shape index (κ3) is 4.92. The first-order valence-electron chi connectivity index (χ1n) is 6.56. The first-order chi connectivity index (χ1) is 10.2. The van der Waals surface area contributed by atoms with Gasteiger partial charge in [-0.2, -0.15) is 8.42 Å². The molecule has 0 bridgehead atoms. The van der Waals surface area contributed by atoms with Crippen LogP contribution in [-0.2, 0) is 25.6 Å². The Bertz CT molecular complexity index is 606. The third-order valence-electron chi connectivity index (χ3n) is 2.57. The number of alkyl halides is 2. The number of benzene rings is 1. The SMILES string of the molecule is CCCS(=O)(=O)ON=C(c1ccccc1)C(F)(F)[S+]([O-])CC. The number of hydrogen-bond donors (Lipinski definition) is 0. The van der Waals surface area contributed by atoms with Crippen molar-refractivity contribution in [3.63, 3.8) is 0 Å². The van der Waals surface area contributed by atoms with Crippen LogP contribution in [-0.4, -0.2) is 35.4 Å². The Balaban J connectivity index is 3.24. The fraction of sp³-hybridized carbons (Fsp3) is 0.462. The molecule has 0 fully saturated rings. The number of hydrogen-bond acceptors (Lipinski definition) is 5. The molecule has 124 valence electrons. The molecule has 0 aliphatic carbocycles. The lowest BCUT2D eigenvalue weighted by Crippen LogP contribution is -2.40. The lowest BCUT2D eigenvalue weighted by molar-refractivity contribution is 0.165. The molecule has 0 aliphatic heterocycles. The van der Waals surface area contributed by atoms with Crippen LogP contribution in [0.3, 0.4) is 0 Å². The quantitative estimate of drug-likeness (QED) is 0.409. The Morgan fingerprint density at radius 1 is 1.32 bits per heavy atom. The van der Waals surface area contributed by atoms with E-state index >= 15 is 0 Å². The molecule has 1 rings (SSSR count). The van der Waals surface area contributed by atoms with E-state index in [9.17, 15) is 21.8 Å². The molecule has 0 heterocycles. The van der Waals surface area contributed by atoms with Crippen LogP contribution in [0.2, 0.25) is 0 Å². The summed E-state index contributed by atoms with van der Waals surface area (Å²) in [5.41, 5.74) is -1.02. The molecule has 1 aromatic carbocycles. The van der Waals surface area contributed by atoms with Crippen LogP contribution < -0.4 is 0 Å². The Morgan fingerprint density at radius 2 is 1.91 bits per heavy atom. The van der Waals surface area contributed by atoms with E-state index in [1.165, 1.54) is 31.2 Å². The van der Waals surface area contributed by atoms with Gasteiger partial charge in [-0.15, -0.1) is 8.78 Å². The summed E-state index contributed by atoms with van der Waals surface area (Å²) < 4.78 is 67.3. The van der Waals surface area contributed by atoms with E-state index in [2.05, 4.69) is 9.44 Å². The van der Waals surface area contributed by atoms with Crippen molar-refractivity contribution in [1.29, 1.82) is 0 Å². The van der Waals surface area contributed by atoms with Gasteiger partial charge in [0.05, 0.1) is 5.75 Å². The summed E-state index contributed by atoms with van der Waals surface area (Å²) in [6.07, 6.45) is 0.260. The van der Waals surface area contributed by atoms with Gasteiger partial charge in [-0.05, 0) is 13.3 Å². The lowest BCUT2D eigenvalue weighted by Gasteiger charge is -2.20. The van der Waals surface area contributed by atoms with Crippen molar-refractivity contribution < 1.29 is 26.0 Å². The van der Waals surface area contributed by atoms with Crippen molar-refractivity contribution in [2.45, 2.75) is 25.5 Å². The standard InChI is InChI=1S/C13H17F2NO4S2/c1-3-10-22(18,19)20-16-12(11-8-6-5-7-9-11)13(14,15)21(17)4-2/h5-9H,3-4,10H2,1-2H3. The zero-order chi connectivity index (χ0) is 16.8. The lowest BCUT2D eigenvalue weighted by atomic mass is 10.1. The highest BCUT2D eigenvalue weighted by molar-refractivity contribution is 7.93. The fourth-order valence-corrected chi connectivity index (χ4v) is 3.04. The highest BCUT2D eigenvalue weighted by atomic mass is 32.2. The molecule has 0 radical (unpaired) electrons. The predicted octanol–water partition coefficient (Wildman–Crippen LogP) is 2.51. The van der Waals surface area contributed by atoms with Crippen molar-refractivity contribution in [3.8, 4) is 0 Å². The second-order valence-corrected chi connectivity index (χ2v) is 7.75. The maximum Gasteiger partial charge on any atom is 0.454 e. The Morgan fingerprint density at radius 3 is 2.41 bits per heavy atom. The van der Waals surface area contributed by atoms with Gasteiger partial charge in [0.1, 0.15) is 5.75 Å².